The highest BCUT2D eigenvalue weighted by Crippen LogP contribution is 2.55. The summed E-state index contributed by atoms with van der Waals surface area (Å²) >= 11 is 0. The van der Waals surface area contributed by atoms with Crippen molar-refractivity contribution in [1.29, 1.82) is 0 Å². The van der Waals surface area contributed by atoms with Crippen LogP contribution >= 0.6 is 0 Å². The Morgan fingerprint density at radius 1 is 1.22 bits per heavy atom. The van der Waals surface area contributed by atoms with Crippen LogP contribution in [0.4, 0.5) is 31.1 Å². The number of carbonyl (C=O) groups excluding carboxylic acids is 1. The van der Waals surface area contributed by atoms with Crippen molar-refractivity contribution >= 4 is 6.03 Å². The highest BCUT2D eigenvalue weighted by Gasteiger charge is 2.72. The molecular weight excluding hydrogens is 378 g/mol. The highest BCUT2D eigenvalue weighted by atomic mass is 19.4. The molecule has 2 amide bonds. The Morgan fingerprint density at radius 2 is 1.85 bits per heavy atom. The number of amides is 2. The van der Waals surface area contributed by atoms with Crippen molar-refractivity contribution in [3.63, 3.8) is 0 Å². The third kappa shape index (κ3) is 4.59. The number of likely N-dealkylation sites (tertiary alicyclic amines) is 1. The summed E-state index contributed by atoms with van der Waals surface area (Å²) in [5.74, 6) is 0.547. The fourth-order valence-electron chi connectivity index (χ4n) is 2.90. The number of halogens is 6. The van der Waals surface area contributed by atoms with Crippen molar-refractivity contribution in [1.82, 2.24) is 10.2 Å². The number of nitrogens with one attached hydrogen (secondary N) is 1. The molecule has 0 aliphatic carbocycles. The molecule has 4 nitrogen and oxygen atoms in total. The molecule has 0 bridgehead atoms. The van der Waals surface area contributed by atoms with E-state index in [9.17, 15) is 31.1 Å². The third-order valence-electron chi connectivity index (χ3n) is 4.36. The van der Waals surface area contributed by atoms with E-state index in [1.807, 2.05) is 13.8 Å². The Kier molecular flexibility index (Phi) is 5.86. The molecule has 0 saturated carbocycles. The van der Waals surface area contributed by atoms with Crippen LogP contribution in [0.15, 0.2) is 24.3 Å². The van der Waals surface area contributed by atoms with Crippen LogP contribution in [0.5, 0.6) is 5.75 Å². The molecule has 152 valence electrons. The first kappa shape index (κ1) is 21.2. The molecule has 1 saturated heterocycles. The summed E-state index contributed by atoms with van der Waals surface area (Å²) in [5, 5.41) is 2.36. The van der Waals surface area contributed by atoms with Gasteiger partial charge in [-0.2, -0.15) is 26.3 Å². The van der Waals surface area contributed by atoms with Gasteiger partial charge in [0.25, 0.3) is 0 Å². The zero-order valence-electron chi connectivity index (χ0n) is 14.7. The molecule has 0 unspecified atom stereocenters. The van der Waals surface area contributed by atoms with Crippen LogP contribution < -0.4 is 10.1 Å². The van der Waals surface area contributed by atoms with Crippen LogP contribution in [0.25, 0.3) is 0 Å². The summed E-state index contributed by atoms with van der Waals surface area (Å²) in [5.41, 5.74) is -3.28. The molecule has 1 aromatic rings. The Labute approximate surface area is 152 Å². The minimum atomic E-state index is -5.48. The van der Waals surface area contributed by atoms with Crippen LogP contribution in [-0.4, -0.2) is 42.5 Å². The molecule has 1 fully saturated rings. The molecule has 2 rings (SSSR count). The Bertz CT molecular complexity index is 658. The second-order valence-corrected chi connectivity index (χ2v) is 6.72. The summed E-state index contributed by atoms with van der Waals surface area (Å²) in [7, 11) is 0. The molecule has 1 aliphatic rings. The number of ether oxygens (including phenoxy) is 1. The first-order chi connectivity index (χ1) is 12.4. The van der Waals surface area contributed by atoms with Crippen LogP contribution in [0, 0.1) is 5.41 Å². The predicted molar refractivity (Wildman–Crippen MR) is 85.2 cm³/mol. The summed E-state index contributed by atoms with van der Waals surface area (Å²) in [4.78, 5) is 12.6. The maximum absolute atomic E-state index is 13.1. The van der Waals surface area contributed by atoms with Gasteiger partial charge in [-0.15, -0.1) is 0 Å². The molecule has 1 aromatic carbocycles. The largest absolute Gasteiger partial charge is 0.491 e. The first-order valence-electron chi connectivity index (χ1n) is 8.27. The van der Waals surface area contributed by atoms with Crippen LogP contribution in [0.2, 0.25) is 0 Å². The standard InChI is InChI=1S/C17H20F6N2O2/c1-11(2)27-13-5-3-4-12(8-13)9-24-14(26)25-7-6-15(10-25,16(18,19)20)17(21,22)23/h3-5,8,11H,6-7,9-10H2,1-2H3,(H,24,26). The fraction of sp³-hybridized carbons (Fsp3) is 0.588. The van der Waals surface area contributed by atoms with Gasteiger partial charge in [-0.05, 0) is 38.0 Å². The minimum Gasteiger partial charge on any atom is -0.491 e. The quantitative estimate of drug-likeness (QED) is 0.759. The smallest absolute Gasteiger partial charge is 0.404 e. The summed E-state index contributed by atoms with van der Waals surface area (Å²) in [6, 6.07) is 5.70. The molecule has 1 heterocycles. The molecule has 1 aliphatic heterocycles. The first-order valence-corrected chi connectivity index (χ1v) is 8.27. The van der Waals surface area contributed by atoms with Crippen LogP contribution in [-0.2, 0) is 6.54 Å². The molecule has 10 heteroatoms. The van der Waals surface area contributed by atoms with E-state index in [4.69, 9.17) is 4.74 Å². The lowest BCUT2D eigenvalue weighted by Gasteiger charge is -2.33. The SMILES string of the molecule is CC(C)Oc1cccc(CNC(=O)N2CCC(C(F)(F)F)(C(F)(F)F)C2)c1. The number of urea groups is 1. The topological polar surface area (TPSA) is 41.6 Å². The average molecular weight is 398 g/mol. The van der Waals surface area contributed by atoms with E-state index in [1.165, 1.54) is 0 Å². The van der Waals surface area contributed by atoms with Gasteiger partial charge in [0.2, 0.25) is 0 Å². The molecule has 1 N–H and O–H groups in total. The number of carbonyl (C=O) groups is 1. The van der Waals surface area contributed by atoms with Gasteiger partial charge in [-0.1, -0.05) is 12.1 Å². The number of alkyl halides is 6. The highest BCUT2D eigenvalue weighted by molar-refractivity contribution is 5.74. The summed E-state index contributed by atoms with van der Waals surface area (Å²) < 4.78 is 83.8. The van der Waals surface area contributed by atoms with E-state index < -0.39 is 43.3 Å². The maximum Gasteiger partial charge on any atom is 0.404 e. The van der Waals surface area contributed by atoms with E-state index in [2.05, 4.69) is 5.32 Å². The maximum atomic E-state index is 13.1. The molecular formula is C17H20F6N2O2. The second-order valence-electron chi connectivity index (χ2n) is 6.72. The normalized spacial score (nSPS) is 17.3. The van der Waals surface area contributed by atoms with Gasteiger partial charge in [0.15, 0.2) is 5.41 Å². The number of hydrogen-bond acceptors (Lipinski definition) is 2. The monoisotopic (exact) mass is 398 g/mol. The van der Waals surface area contributed by atoms with Gasteiger partial charge in [0.05, 0.1) is 6.10 Å². The second kappa shape index (κ2) is 7.47. The average Bonchev–Trinajstić information content (AvgIpc) is 2.99. The van der Waals surface area contributed by atoms with Crippen molar-refractivity contribution in [2.45, 2.75) is 45.3 Å². The van der Waals surface area contributed by atoms with Crippen molar-refractivity contribution < 1.29 is 35.9 Å². The zero-order chi connectivity index (χ0) is 20.5. The van der Waals surface area contributed by atoms with Gasteiger partial charge in [0, 0.05) is 19.6 Å². The van der Waals surface area contributed by atoms with Crippen molar-refractivity contribution in [2.24, 2.45) is 5.41 Å². The molecule has 27 heavy (non-hydrogen) atoms. The van der Waals surface area contributed by atoms with Gasteiger partial charge in [0.1, 0.15) is 5.75 Å². The lowest BCUT2D eigenvalue weighted by Crippen LogP contribution is -2.52. The van der Waals surface area contributed by atoms with Crippen LogP contribution in [0.1, 0.15) is 25.8 Å². The van der Waals surface area contributed by atoms with E-state index in [1.54, 1.807) is 24.3 Å². The van der Waals surface area contributed by atoms with Gasteiger partial charge < -0.3 is 15.0 Å². The lowest BCUT2D eigenvalue weighted by atomic mass is 9.85. The molecule has 0 aromatic heterocycles. The Morgan fingerprint density at radius 3 is 2.37 bits per heavy atom. The van der Waals surface area contributed by atoms with Crippen molar-refractivity contribution in [3.8, 4) is 5.75 Å². The zero-order valence-corrected chi connectivity index (χ0v) is 14.7. The van der Waals surface area contributed by atoms with E-state index >= 15 is 0 Å². The van der Waals surface area contributed by atoms with Crippen molar-refractivity contribution in [3.05, 3.63) is 29.8 Å². The predicted octanol–water partition coefficient (Wildman–Crippen LogP) is 4.50. The molecule has 0 atom stereocenters. The summed E-state index contributed by atoms with van der Waals surface area (Å²) in [6.07, 6.45) is -12.2. The van der Waals surface area contributed by atoms with E-state index in [-0.39, 0.29) is 12.6 Å². The summed E-state index contributed by atoms with van der Waals surface area (Å²) in [6.45, 7) is 1.55. The van der Waals surface area contributed by atoms with Gasteiger partial charge in [-0.3, -0.25) is 0 Å². The van der Waals surface area contributed by atoms with Crippen LogP contribution in [0.3, 0.4) is 0 Å². The Hall–Kier alpha value is -2.13. The van der Waals surface area contributed by atoms with E-state index in [0.717, 1.165) is 0 Å². The van der Waals surface area contributed by atoms with Gasteiger partial charge in [-0.25, -0.2) is 4.79 Å². The third-order valence-corrected chi connectivity index (χ3v) is 4.36. The minimum absolute atomic E-state index is 0.0460. The Balaban J connectivity index is 2.02. The number of nitrogens with zero attached hydrogens (tertiary/aromatic N) is 1. The van der Waals surface area contributed by atoms with Gasteiger partial charge >= 0.3 is 18.4 Å². The number of hydrogen-bond donors (Lipinski definition) is 1. The fourth-order valence-corrected chi connectivity index (χ4v) is 2.90. The number of benzene rings is 1. The lowest BCUT2D eigenvalue weighted by molar-refractivity contribution is -0.334. The molecule has 0 spiro atoms. The number of rotatable bonds is 4. The van der Waals surface area contributed by atoms with Crippen molar-refractivity contribution in [2.75, 3.05) is 13.1 Å². The molecule has 0 radical (unpaired) electrons. The van der Waals surface area contributed by atoms with E-state index in [0.29, 0.717) is 16.2 Å².